The third-order valence-electron chi connectivity index (χ3n) is 7.14. The predicted octanol–water partition coefficient (Wildman–Crippen LogP) is 4.75. The van der Waals surface area contributed by atoms with Crippen molar-refractivity contribution in [1.29, 1.82) is 0 Å². The van der Waals surface area contributed by atoms with Gasteiger partial charge in [0.1, 0.15) is 5.03 Å². The molecule has 0 spiro atoms. The molecule has 3 fully saturated rings. The fourth-order valence-electron chi connectivity index (χ4n) is 5.96. The maximum Gasteiger partial charge on any atom is 0.254 e. The van der Waals surface area contributed by atoms with Crippen LogP contribution in [0.3, 0.4) is 0 Å². The summed E-state index contributed by atoms with van der Waals surface area (Å²) in [7, 11) is 1.98. The predicted molar refractivity (Wildman–Crippen MR) is 120 cm³/mol. The van der Waals surface area contributed by atoms with E-state index in [0.29, 0.717) is 11.5 Å². The van der Waals surface area contributed by atoms with Gasteiger partial charge in [0.25, 0.3) is 5.91 Å². The standard InChI is InChI=1S/C24H32N4OS/c1-22(2)11-19-12-23(3,14-22)15-28(19)21(29)17-5-7-18(8-6-17)24(9-10-24)26-30-20-13-27(4)16-25-20/h5-8,13,16,19,26H,9-12,14-15H2,1-4H3. The molecule has 1 aromatic heterocycles. The van der Waals surface area contributed by atoms with Crippen LogP contribution < -0.4 is 4.72 Å². The molecule has 0 radical (unpaired) electrons. The van der Waals surface area contributed by atoms with Crippen LogP contribution in [-0.2, 0) is 12.6 Å². The average molecular weight is 425 g/mol. The lowest BCUT2D eigenvalue weighted by Crippen LogP contribution is -2.37. The second-order valence-corrected chi connectivity index (χ2v) is 11.7. The molecule has 2 unspecified atom stereocenters. The van der Waals surface area contributed by atoms with Crippen molar-refractivity contribution in [2.75, 3.05) is 6.54 Å². The molecular formula is C24H32N4OS. The molecule has 160 valence electrons. The summed E-state index contributed by atoms with van der Waals surface area (Å²) in [6.07, 6.45) is 9.54. The fourth-order valence-corrected chi connectivity index (χ4v) is 6.90. The number of carbonyl (C=O) groups is 1. The number of rotatable bonds is 5. The lowest BCUT2D eigenvalue weighted by molar-refractivity contribution is 0.0708. The molecule has 2 bridgehead atoms. The van der Waals surface area contributed by atoms with Gasteiger partial charge in [0.2, 0.25) is 0 Å². The number of fused-ring (bicyclic) bond motifs is 2. The highest BCUT2D eigenvalue weighted by molar-refractivity contribution is 7.97. The number of benzene rings is 1. The van der Waals surface area contributed by atoms with Crippen molar-refractivity contribution >= 4 is 17.9 Å². The van der Waals surface area contributed by atoms with Crippen molar-refractivity contribution in [2.24, 2.45) is 17.9 Å². The average Bonchev–Trinajstić information content (AvgIpc) is 3.29. The van der Waals surface area contributed by atoms with E-state index in [1.807, 2.05) is 36.3 Å². The summed E-state index contributed by atoms with van der Waals surface area (Å²) in [6.45, 7) is 7.96. The number of nitrogens with one attached hydrogen (secondary N) is 1. The number of hydrogen-bond donors (Lipinski definition) is 1. The molecule has 3 aliphatic rings. The zero-order valence-electron chi connectivity index (χ0n) is 18.4. The van der Waals surface area contributed by atoms with Gasteiger partial charge in [0, 0.05) is 31.4 Å². The van der Waals surface area contributed by atoms with Gasteiger partial charge >= 0.3 is 0 Å². The van der Waals surface area contributed by atoms with Crippen LogP contribution in [0.5, 0.6) is 0 Å². The number of aryl methyl sites for hydroxylation is 1. The monoisotopic (exact) mass is 424 g/mol. The van der Waals surface area contributed by atoms with E-state index < -0.39 is 0 Å². The number of carbonyl (C=O) groups excluding carboxylic acids is 1. The normalized spacial score (nSPS) is 28.5. The van der Waals surface area contributed by atoms with Gasteiger partial charge in [-0.25, -0.2) is 9.71 Å². The minimum absolute atomic E-state index is 0.00542. The molecule has 5 rings (SSSR count). The van der Waals surface area contributed by atoms with Crippen molar-refractivity contribution in [1.82, 2.24) is 19.2 Å². The first-order valence-electron chi connectivity index (χ1n) is 11.0. The second-order valence-electron chi connectivity index (χ2n) is 10.9. The van der Waals surface area contributed by atoms with Gasteiger partial charge in [-0.3, -0.25) is 4.79 Å². The summed E-state index contributed by atoms with van der Waals surface area (Å²) < 4.78 is 5.57. The van der Waals surface area contributed by atoms with Crippen LogP contribution in [0.1, 0.15) is 68.8 Å². The lowest BCUT2D eigenvalue weighted by Gasteiger charge is -2.39. The van der Waals surface area contributed by atoms with Crippen LogP contribution >= 0.6 is 11.9 Å². The highest BCUT2D eigenvalue weighted by atomic mass is 32.2. The highest BCUT2D eigenvalue weighted by Gasteiger charge is 2.51. The summed E-state index contributed by atoms with van der Waals surface area (Å²) in [6, 6.07) is 8.72. The van der Waals surface area contributed by atoms with Gasteiger partial charge in [-0.2, -0.15) is 0 Å². The number of nitrogens with zero attached hydrogens (tertiary/aromatic N) is 3. The minimum atomic E-state index is 0.00542. The molecule has 2 aromatic rings. The Bertz CT molecular complexity index is 962. The van der Waals surface area contributed by atoms with Crippen molar-refractivity contribution in [2.45, 2.75) is 69.5 Å². The smallest absolute Gasteiger partial charge is 0.254 e. The van der Waals surface area contributed by atoms with Gasteiger partial charge in [-0.15, -0.1) is 0 Å². The Balaban J connectivity index is 1.28. The summed E-state index contributed by atoms with van der Waals surface area (Å²) in [5, 5.41) is 0.979. The molecule has 2 heterocycles. The van der Waals surface area contributed by atoms with Crippen molar-refractivity contribution in [3.05, 3.63) is 47.9 Å². The van der Waals surface area contributed by atoms with E-state index in [1.54, 1.807) is 11.9 Å². The maximum absolute atomic E-state index is 13.3. The van der Waals surface area contributed by atoms with E-state index >= 15 is 0 Å². The molecule has 5 nitrogen and oxygen atoms in total. The van der Waals surface area contributed by atoms with Crippen molar-refractivity contribution in [3.63, 3.8) is 0 Å². The molecule has 30 heavy (non-hydrogen) atoms. The van der Waals surface area contributed by atoms with Crippen molar-refractivity contribution < 1.29 is 4.79 Å². The Hall–Kier alpha value is -1.79. The molecular weight excluding hydrogens is 392 g/mol. The van der Waals surface area contributed by atoms with Crippen LogP contribution in [0.15, 0.2) is 41.8 Å². The third-order valence-corrected chi connectivity index (χ3v) is 8.06. The molecule has 1 aromatic carbocycles. The molecule has 1 saturated heterocycles. The second kappa shape index (κ2) is 6.86. The molecule has 6 heteroatoms. The Kier molecular flexibility index (Phi) is 4.60. The molecule has 2 atom stereocenters. The number of likely N-dealkylation sites (tertiary alicyclic amines) is 1. The Morgan fingerprint density at radius 1 is 1.17 bits per heavy atom. The van der Waals surface area contributed by atoms with Crippen LogP contribution in [0, 0.1) is 10.8 Å². The number of hydrogen-bond acceptors (Lipinski definition) is 4. The van der Waals surface area contributed by atoms with Gasteiger partial charge < -0.3 is 9.47 Å². The summed E-state index contributed by atoms with van der Waals surface area (Å²) in [5.74, 6) is 0.202. The van der Waals surface area contributed by atoms with E-state index in [2.05, 4.69) is 47.5 Å². The lowest BCUT2D eigenvalue weighted by atomic mass is 9.65. The van der Waals surface area contributed by atoms with Gasteiger partial charge in [-0.05, 0) is 72.6 Å². The number of amides is 1. The Morgan fingerprint density at radius 3 is 2.53 bits per heavy atom. The zero-order valence-corrected chi connectivity index (χ0v) is 19.3. The molecule has 1 N–H and O–H groups in total. The molecule has 2 saturated carbocycles. The third kappa shape index (κ3) is 3.69. The van der Waals surface area contributed by atoms with E-state index in [4.69, 9.17) is 0 Å². The van der Waals surface area contributed by atoms with Crippen LogP contribution in [0.2, 0.25) is 0 Å². The van der Waals surface area contributed by atoms with Crippen LogP contribution in [0.25, 0.3) is 0 Å². The quantitative estimate of drug-likeness (QED) is 0.704. The van der Waals surface area contributed by atoms with Crippen molar-refractivity contribution in [3.8, 4) is 0 Å². The Morgan fingerprint density at radius 2 is 1.90 bits per heavy atom. The summed E-state index contributed by atoms with van der Waals surface area (Å²) in [4.78, 5) is 19.9. The molecule has 1 aliphatic heterocycles. The first kappa shape index (κ1) is 20.1. The number of imidazole rings is 1. The SMILES string of the molecule is Cn1cnc(SNC2(c3ccc(C(=O)N4CC5(C)CC4CC(C)(C)C5)cc3)CC2)c1. The van der Waals surface area contributed by atoms with Gasteiger partial charge in [0.15, 0.2) is 0 Å². The van der Waals surface area contributed by atoms with Gasteiger partial charge in [-0.1, -0.05) is 32.9 Å². The van der Waals surface area contributed by atoms with E-state index in [1.165, 1.54) is 12.0 Å². The minimum Gasteiger partial charge on any atom is -0.339 e. The largest absolute Gasteiger partial charge is 0.339 e. The van der Waals surface area contributed by atoms with Crippen LogP contribution in [0.4, 0.5) is 0 Å². The molecule has 2 aliphatic carbocycles. The van der Waals surface area contributed by atoms with Crippen LogP contribution in [-0.4, -0.2) is 32.9 Å². The molecule has 1 amide bonds. The first-order chi connectivity index (χ1) is 14.2. The zero-order chi connectivity index (χ0) is 21.1. The van der Waals surface area contributed by atoms with E-state index in [-0.39, 0.29) is 16.9 Å². The fraction of sp³-hybridized carbons (Fsp3) is 0.583. The topological polar surface area (TPSA) is 50.2 Å². The Labute approximate surface area is 183 Å². The highest BCUT2D eigenvalue weighted by Crippen LogP contribution is 2.53. The first-order valence-corrected chi connectivity index (χ1v) is 11.8. The van der Waals surface area contributed by atoms with Gasteiger partial charge in [0.05, 0.1) is 11.9 Å². The summed E-state index contributed by atoms with van der Waals surface area (Å²) in [5.41, 5.74) is 2.68. The number of aromatic nitrogens is 2. The maximum atomic E-state index is 13.3. The van der Waals surface area contributed by atoms with E-state index in [0.717, 1.165) is 42.8 Å². The summed E-state index contributed by atoms with van der Waals surface area (Å²) >= 11 is 1.59. The van der Waals surface area contributed by atoms with E-state index in [9.17, 15) is 4.79 Å².